The Bertz CT molecular complexity index is 268. The van der Waals surface area contributed by atoms with Crippen molar-refractivity contribution in [2.75, 3.05) is 13.1 Å². The average molecular weight is 120 g/mol. The van der Waals surface area contributed by atoms with E-state index in [2.05, 4.69) is 13.0 Å². The largest absolute Gasteiger partial charge is 0.294 e. The van der Waals surface area contributed by atoms with Crippen LogP contribution in [0.25, 0.3) is 0 Å². The fourth-order valence-corrected chi connectivity index (χ4v) is 3.13. The van der Waals surface area contributed by atoms with E-state index in [0.717, 1.165) is 12.1 Å². The van der Waals surface area contributed by atoms with E-state index in [1.54, 1.807) is 0 Å². The second kappa shape index (κ2) is 0.615. The van der Waals surface area contributed by atoms with Crippen molar-refractivity contribution in [3.05, 3.63) is 11.6 Å². The maximum absolute atomic E-state index is 2.49. The molecule has 3 aliphatic heterocycles. The first-order valence-electron chi connectivity index (χ1n) is 3.86. The van der Waals surface area contributed by atoms with Crippen molar-refractivity contribution in [3.8, 4) is 0 Å². The highest BCUT2D eigenvalue weighted by molar-refractivity contribution is 5.51. The Balaban J connectivity index is 1.95. The lowest BCUT2D eigenvalue weighted by Crippen LogP contribution is -2.18. The zero-order valence-corrected chi connectivity index (χ0v) is 5.59. The minimum Gasteiger partial charge on any atom is -0.294 e. The van der Waals surface area contributed by atoms with Gasteiger partial charge in [0, 0.05) is 5.57 Å². The van der Waals surface area contributed by atoms with Crippen molar-refractivity contribution in [1.29, 1.82) is 0 Å². The molecule has 4 aliphatic rings. The summed E-state index contributed by atoms with van der Waals surface area (Å²) < 4.78 is 1.53. The molecule has 1 spiro atoms. The molecular weight excluding hydrogens is 110 g/mol. The lowest BCUT2D eigenvalue weighted by molar-refractivity contribution is -0.711. The third-order valence-electron chi connectivity index (χ3n) is 3.87. The van der Waals surface area contributed by atoms with Crippen LogP contribution in [0.3, 0.4) is 0 Å². The predicted octanol–water partition coefficient (Wildman–Crippen LogP) is 0.527. The van der Waals surface area contributed by atoms with Gasteiger partial charge in [0.25, 0.3) is 0 Å². The molecule has 0 bridgehead atoms. The third-order valence-corrected chi connectivity index (χ3v) is 3.87. The number of nitrogens with zero attached hydrogens (tertiary/aromatic N) is 1. The van der Waals surface area contributed by atoms with Gasteiger partial charge in [0.1, 0.15) is 6.54 Å². The van der Waals surface area contributed by atoms with E-state index in [9.17, 15) is 0 Å². The molecule has 9 heavy (non-hydrogen) atoms. The highest BCUT2D eigenvalue weighted by atomic mass is 15.7. The molecule has 4 atom stereocenters. The van der Waals surface area contributed by atoms with E-state index >= 15 is 0 Å². The predicted molar refractivity (Wildman–Crippen MR) is 33.8 cm³/mol. The Kier molecular flexibility index (Phi) is 0.258. The van der Waals surface area contributed by atoms with Gasteiger partial charge in [-0.05, 0) is 6.92 Å². The van der Waals surface area contributed by atoms with E-state index < -0.39 is 0 Å². The summed E-state index contributed by atoms with van der Waals surface area (Å²) in [6, 6.07) is 2.20. The molecule has 0 amide bonds. The lowest BCUT2D eigenvalue weighted by Gasteiger charge is -2.04. The summed E-state index contributed by atoms with van der Waals surface area (Å²) in [5, 5.41) is 0. The Morgan fingerprint density at radius 1 is 1.78 bits per heavy atom. The SMILES string of the molecule is CC12C=C1C1C3C[N+]31C2. The summed E-state index contributed by atoms with van der Waals surface area (Å²) >= 11 is 0. The molecule has 4 rings (SSSR count). The standard InChI is InChI=1S/C8H10N/c1-8-2-5(8)7-6-3-9(6,7)4-8/h2,6-7H,3-4H2,1H3/q+1. The van der Waals surface area contributed by atoms with Gasteiger partial charge < -0.3 is 0 Å². The molecule has 1 nitrogen and oxygen atoms in total. The monoisotopic (exact) mass is 120 g/mol. The van der Waals surface area contributed by atoms with Crippen molar-refractivity contribution in [3.63, 3.8) is 0 Å². The number of hydrogen-bond donors (Lipinski definition) is 0. The zero-order chi connectivity index (χ0) is 5.85. The van der Waals surface area contributed by atoms with Crippen molar-refractivity contribution in [2.45, 2.75) is 19.0 Å². The Morgan fingerprint density at radius 2 is 2.67 bits per heavy atom. The van der Waals surface area contributed by atoms with E-state index in [4.69, 9.17) is 0 Å². The van der Waals surface area contributed by atoms with Crippen LogP contribution >= 0.6 is 0 Å². The van der Waals surface area contributed by atoms with Crippen molar-refractivity contribution in [1.82, 2.24) is 0 Å². The summed E-state index contributed by atoms with van der Waals surface area (Å²) in [4.78, 5) is 0. The topological polar surface area (TPSA) is 0 Å². The summed E-state index contributed by atoms with van der Waals surface area (Å²) in [6.07, 6.45) is 2.49. The minimum atomic E-state index is 0.650. The summed E-state index contributed by atoms with van der Waals surface area (Å²) in [7, 11) is 0. The number of piperidine rings is 1. The van der Waals surface area contributed by atoms with E-state index in [-0.39, 0.29) is 0 Å². The van der Waals surface area contributed by atoms with Crippen LogP contribution in [0.2, 0.25) is 0 Å². The molecule has 0 aromatic rings. The van der Waals surface area contributed by atoms with E-state index in [0.29, 0.717) is 5.41 Å². The molecule has 0 aromatic heterocycles. The number of quaternary nitrogens is 1. The molecule has 1 heteroatoms. The second-order valence-electron chi connectivity index (χ2n) is 4.47. The number of rotatable bonds is 0. The van der Waals surface area contributed by atoms with Crippen LogP contribution < -0.4 is 0 Å². The first-order chi connectivity index (χ1) is 4.26. The van der Waals surface area contributed by atoms with Crippen molar-refractivity contribution >= 4 is 0 Å². The van der Waals surface area contributed by atoms with Crippen LogP contribution in [-0.2, 0) is 0 Å². The average Bonchev–Trinajstić information content (AvgIpc) is 2.54. The smallest absolute Gasteiger partial charge is 0.196 e. The van der Waals surface area contributed by atoms with Gasteiger partial charge in [-0.3, -0.25) is 4.48 Å². The van der Waals surface area contributed by atoms with Gasteiger partial charge in [0.15, 0.2) is 12.1 Å². The quantitative estimate of drug-likeness (QED) is 0.248. The summed E-state index contributed by atoms with van der Waals surface area (Å²) in [6.45, 7) is 5.39. The highest BCUT2D eigenvalue weighted by Gasteiger charge is 2.92. The number of fused-ring (bicyclic) bond motifs is 3. The lowest BCUT2D eigenvalue weighted by atomic mass is 10.0. The van der Waals surface area contributed by atoms with Crippen LogP contribution in [0.4, 0.5) is 0 Å². The molecule has 0 saturated carbocycles. The molecule has 46 valence electrons. The summed E-state index contributed by atoms with van der Waals surface area (Å²) in [5.41, 5.74) is 2.47. The molecule has 3 fully saturated rings. The summed E-state index contributed by atoms with van der Waals surface area (Å²) in [5.74, 6) is 0. The fraction of sp³-hybridized carbons (Fsp3) is 0.750. The molecule has 0 aromatic carbocycles. The molecule has 3 heterocycles. The van der Waals surface area contributed by atoms with Gasteiger partial charge in [0.05, 0.1) is 12.0 Å². The highest BCUT2D eigenvalue weighted by Crippen LogP contribution is 2.74. The second-order valence-corrected chi connectivity index (χ2v) is 4.47. The zero-order valence-electron chi connectivity index (χ0n) is 5.59. The van der Waals surface area contributed by atoms with Gasteiger partial charge in [-0.15, -0.1) is 0 Å². The normalized spacial score (nSPS) is 78.1. The van der Waals surface area contributed by atoms with Crippen molar-refractivity contribution < 1.29 is 4.48 Å². The molecule has 0 N–H and O–H groups in total. The van der Waals surface area contributed by atoms with Gasteiger partial charge in [-0.1, -0.05) is 6.08 Å². The third kappa shape index (κ3) is 0.196. The Labute approximate surface area is 54.6 Å². The van der Waals surface area contributed by atoms with Crippen LogP contribution in [-0.4, -0.2) is 29.7 Å². The van der Waals surface area contributed by atoms with E-state index in [1.165, 1.54) is 17.6 Å². The first-order valence-corrected chi connectivity index (χ1v) is 3.86. The first kappa shape index (κ1) is 3.77. The molecule has 3 saturated heterocycles. The van der Waals surface area contributed by atoms with Crippen LogP contribution in [0.1, 0.15) is 6.92 Å². The minimum absolute atomic E-state index is 0.650. The number of hydrogen-bond acceptors (Lipinski definition) is 0. The fourth-order valence-electron chi connectivity index (χ4n) is 3.13. The van der Waals surface area contributed by atoms with Crippen molar-refractivity contribution in [2.24, 2.45) is 5.41 Å². The maximum Gasteiger partial charge on any atom is 0.196 e. The van der Waals surface area contributed by atoms with E-state index in [1.807, 2.05) is 5.57 Å². The molecule has 0 radical (unpaired) electrons. The van der Waals surface area contributed by atoms with Gasteiger partial charge in [-0.2, -0.15) is 0 Å². The molecular formula is C8H10N+. The van der Waals surface area contributed by atoms with Crippen LogP contribution in [0.5, 0.6) is 0 Å². The Morgan fingerprint density at radius 3 is 3.11 bits per heavy atom. The molecule has 1 aliphatic carbocycles. The maximum atomic E-state index is 2.49. The molecule has 4 unspecified atom stereocenters. The van der Waals surface area contributed by atoms with Crippen LogP contribution in [0.15, 0.2) is 11.6 Å². The van der Waals surface area contributed by atoms with Crippen LogP contribution in [0, 0.1) is 5.41 Å². The van der Waals surface area contributed by atoms with Gasteiger partial charge in [-0.25, -0.2) is 0 Å². The van der Waals surface area contributed by atoms with Gasteiger partial charge >= 0.3 is 0 Å². The Hall–Kier alpha value is -0.300. The van der Waals surface area contributed by atoms with Gasteiger partial charge in [0.2, 0.25) is 0 Å².